The molecule has 0 aromatic rings. The van der Waals surface area contributed by atoms with Crippen molar-refractivity contribution in [3.63, 3.8) is 0 Å². The monoisotopic (exact) mass is 287 g/mol. The lowest BCUT2D eigenvalue weighted by atomic mass is 9.92. The van der Waals surface area contributed by atoms with Crippen molar-refractivity contribution in [2.24, 2.45) is 0 Å². The van der Waals surface area contributed by atoms with Crippen LogP contribution in [0.4, 0.5) is 8.78 Å². The second-order valence-electron chi connectivity index (χ2n) is 7.23. The van der Waals surface area contributed by atoms with Gasteiger partial charge in [-0.2, -0.15) is 0 Å². The number of rotatable bonds is 3. The molecule has 2 heterocycles. The highest BCUT2D eigenvalue weighted by Gasteiger charge is 2.44. The van der Waals surface area contributed by atoms with Crippen LogP contribution in [-0.2, 0) is 4.74 Å². The molecule has 0 amide bonds. The smallest absolute Gasteiger partial charge is 0.250 e. The van der Waals surface area contributed by atoms with E-state index < -0.39 is 5.92 Å². The van der Waals surface area contributed by atoms with Crippen LogP contribution in [0, 0.1) is 0 Å². The maximum Gasteiger partial charge on any atom is 0.250 e. The maximum atomic E-state index is 13.5. The predicted molar refractivity (Wildman–Crippen MR) is 75.1 cm³/mol. The maximum absolute atomic E-state index is 13.5. The van der Waals surface area contributed by atoms with Gasteiger partial charge in [0, 0.05) is 31.0 Å². The minimum Gasteiger partial charge on any atom is -0.375 e. The molecule has 0 radical (unpaired) electrons. The van der Waals surface area contributed by atoms with Gasteiger partial charge < -0.3 is 4.74 Å². The summed E-state index contributed by atoms with van der Waals surface area (Å²) in [7, 11) is 0. The quantitative estimate of drug-likeness (QED) is 0.778. The SMILES string of the molecule is CC(C)N1C2CCC1CC(O[C@H]1CCCC(F)(F)C1)C2. The molecule has 2 saturated heterocycles. The lowest BCUT2D eigenvalue weighted by Crippen LogP contribution is -2.49. The number of alkyl halides is 2. The van der Waals surface area contributed by atoms with E-state index in [2.05, 4.69) is 18.7 Å². The van der Waals surface area contributed by atoms with Gasteiger partial charge in [-0.1, -0.05) is 0 Å². The molecular weight excluding hydrogens is 260 g/mol. The van der Waals surface area contributed by atoms with E-state index in [-0.39, 0.29) is 25.0 Å². The van der Waals surface area contributed by atoms with E-state index in [4.69, 9.17) is 4.74 Å². The summed E-state index contributed by atoms with van der Waals surface area (Å²) in [5.74, 6) is -2.50. The third-order valence-corrected chi connectivity index (χ3v) is 5.32. The second kappa shape index (κ2) is 5.53. The third kappa shape index (κ3) is 3.01. The van der Waals surface area contributed by atoms with Gasteiger partial charge in [0.1, 0.15) is 0 Å². The van der Waals surface area contributed by atoms with Gasteiger partial charge in [-0.3, -0.25) is 4.90 Å². The van der Waals surface area contributed by atoms with Crippen molar-refractivity contribution in [2.75, 3.05) is 0 Å². The molecule has 116 valence electrons. The summed E-state index contributed by atoms with van der Waals surface area (Å²) in [6.07, 6.45) is 5.98. The highest BCUT2D eigenvalue weighted by atomic mass is 19.3. The van der Waals surface area contributed by atoms with Crippen LogP contribution in [0.5, 0.6) is 0 Å². The van der Waals surface area contributed by atoms with Gasteiger partial charge in [0.25, 0.3) is 5.92 Å². The van der Waals surface area contributed by atoms with E-state index in [1.165, 1.54) is 12.8 Å². The molecule has 1 saturated carbocycles. The van der Waals surface area contributed by atoms with Crippen LogP contribution in [0.3, 0.4) is 0 Å². The van der Waals surface area contributed by atoms with E-state index in [1.54, 1.807) is 0 Å². The van der Waals surface area contributed by atoms with Gasteiger partial charge in [0.2, 0.25) is 0 Å². The average Bonchev–Trinajstić information content (AvgIpc) is 2.60. The molecule has 1 aliphatic carbocycles. The van der Waals surface area contributed by atoms with Crippen molar-refractivity contribution in [3.05, 3.63) is 0 Å². The molecule has 2 nitrogen and oxygen atoms in total. The summed E-state index contributed by atoms with van der Waals surface area (Å²) in [6.45, 7) is 4.52. The summed E-state index contributed by atoms with van der Waals surface area (Å²) in [6, 6.07) is 1.82. The molecule has 0 aromatic heterocycles. The molecule has 3 aliphatic rings. The van der Waals surface area contributed by atoms with Crippen LogP contribution in [0.15, 0.2) is 0 Å². The van der Waals surface area contributed by atoms with E-state index in [9.17, 15) is 8.78 Å². The Morgan fingerprint density at radius 1 is 1.05 bits per heavy atom. The molecule has 2 bridgehead atoms. The zero-order valence-electron chi connectivity index (χ0n) is 12.7. The van der Waals surface area contributed by atoms with Gasteiger partial charge >= 0.3 is 0 Å². The fraction of sp³-hybridized carbons (Fsp3) is 1.00. The standard InChI is InChI=1S/C16H27F2NO/c1-11(2)19-12-5-6-13(19)9-15(8-12)20-14-4-3-7-16(17,18)10-14/h11-15H,3-10H2,1-2H3/t12?,13?,14-,15?/m0/s1. The first-order chi connectivity index (χ1) is 9.44. The van der Waals surface area contributed by atoms with Crippen LogP contribution < -0.4 is 0 Å². The van der Waals surface area contributed by atoms with E-state index in [1.807, 2.05) is 0 Å². The number of nitrogens with zero attached hydrogens (tertiary/aromatic N) is 1. The van der Waals surface area contributed by atoms with Crippen LogP contribution in [0.1, 0.15) is 65.2 Å². The molecule has 3 rings (SSSR count). The van der Waals surface area contributed by atoms with E-state index in [0.29, 0.717) is 24.5 Å². The highest BCUT2D eigenvalue weighted by molar-refractivity contribution is 4.97. The molecule has 0 N–H and O–H groups in total. The normalized spacial score (nSPS) is 41.2. The molecule has 2 unspecified atom stereocenters. The summed E-state index contributed by atoms with van der Waals surface area (Å²) in [4.78, 5) is 2.62. The van der Waals surface area contributed by atoms with Crippen LogP contribution in [0.2, 0.25) is 0 Å². The zero-order valence-corrected chi connectivity index (χ0v) is 12.7. The first-order valence-corrected chi connectivity index (χ1v) is 8.25. The van der Waals surface area contributed by atoms with E-state index >= 15 is 0 Å². The molecular formula is C16H27F2NO. The van der Waals surface area contributed by atoms with Crippen molar-refractivity contribution in [3.8, 4) is 0 Å². The number of ether oxygens (including phenoxy) is 1. The van der Waals surface area contributed by atoms with Crippen LogP contribution in [0.25, 0.3) is 0 Å². The molecule has 20 heavy (non-hydrogen) atoms. The predicted octanol–water partition coefficient (Wildman–Crippen LogP) is 3.98. The summed E-state index contributed by atoms with van der Waals surface area (Å²) in [5.41, 5.74) is 0. The molecule has 4 heteroatoms. The zero-order chi connectivity index (χ0) is 14.3. The molecule has 3 fully saturated rings. The number of hydrogen-bond acceptors (Lipinski definition) is 2. The Bertz CT molecular complexity index is 333. The van der Waals surface area contributed by atoms with E-state index in [0.717, 1.165) is 19.3 Å². The summed E-state index contributed by atoms with van der Waals surface area (Å²) >= 11 is 0. The molecule has 0 spiro atoms. The van der Waals surface area contributed by atoms with Crippen molar-refractivity contribution in [1.82, 2.24) is 4.90 Å². The van der Waals surface area contributed by atoms with Gasteiger partial charge in [0.05, 0.1) is 12.2 Å². The first-order valence-electron chi connectivity index (χ1n) is 8.25. The van der Waals surface area contributed by atoms with Crippen LogP contribution >= 0.6 is 0 Å². The van der Waals surface area contributed by atoms with Crippen LogP contribution in [-0.4, -0.2) is 41.2 Å². The minimum absolute atomic E-state index is 0.0455. The number of piperidine rings is 1. The largest absolute Gasteiger partial charge is 0.375 e. The van der Waals surface area contributed by atoms with Crippen molar-refractivity contribution >= 4 is 0 Å². The first kappa shape index (κ1) is 14.7. The van der Waals surface area contributed by atoms with Gasteiger partial charge in [-0.25, -0.2) is 8.78 Å². The average molecular weight is 287 g/mol. The Kier molecular flexibility index (Phi) is 4.06. The highest BCUT2D eigenvalue weighted by Crippen LogP contribution is 2.41. The number of fused-ring (bicyclic) bond motifs is 2. The minimum atomic E-state index is -2.50. The third-order valence-electron chi connectivity index (χ3n) is 5.32. The molecule has 3 atom stereocenters. The Morgan fingerprint density at radius 3 is 2.25 bits per heavy atom. The Hall–Kier alpha value is -0.220. The molecule has 2 aliphatic heterocycles. The Morgan fingerprint density at radius 2 is 1.70 bits per heavy atom. The van der Waals surface area contributed by atoms with Crippen molar-refractivity contribution in [1.29, 1.82) is 0 Å². The lowest BCUT2D eigenvalue weighted by Gasteiger charge is -2.43. The second-order valence-corrected chi connectivity index (χ2v) is 7.23. The van der Waals surface area contributed by atoms with Gasteiger partial charge in [0.15, 0.2) is 0 Å². The fourth-order valence-electron chi connectivity index (χ4n) is 4.63. The lowest BCUT2D eigenvalue weighted by molar-refractivity contribution is -0.131. The van der Waals surface area contributed by atoms with Gasteiger partial charge in [-0.05, 0) is 52.4 Å². The number of hydrogen-bond donors (Lipinski definition) is 0. The van der Waals surface area contributed by atoms with Gasteiger partial charge in [-0.15, -0.1) is 0 Å². The van der Waals surface area contributed by atoms with Crippen molar-refractivity contribution < 1.29 is 13.5 Å². The van der Waals surface area contributed by atoms with Crippen molar-refractivity contribution in [2.45, 2.75) is 101 Å². The summed E-state index contributed by atoms with van der Waals surface area (Å²) < 4.78 is 33.0. The summed E-state index contributed by atoms with van der Waals surface area (Å²) in [5, 5.41) is 0. The fourth-order valence-corrected chi connectivity index (χ4v) is 4.63. The number of halogens is 2. The topological polar surface area (TPSA) is 12.5 Å². The Balaban J connectivity index is 1.56. The molecule has 0 aromatic carbocycles. The Labute approximate surface area is 120 Å².